The van der Waals surface area contributed by atoms with Crippen LogP contribution in [0.2, 0.25) is 5.02 Å². The molecule has 7 heteroatoms. The minimum absolute atomic E-state index is 0.263. The number of nitrogens with zero attached hydrogens (tertiary/aromatic N) is 1. The first-order valence-corrected chi connectivity index (χ1v) is 9.73. The van der Waals surface area contributed by atoms with Crippen LogP contribution in [-0.4, -0.2) is 51.6 Å². The lowest BCUT2D eigenvalue weighted by molar-refractivity contribution is 0.0420. The molecule has 0 saturated carbocycles. The first kappa shape index (κ1) is 20.8. The molecule has 146 valence electrons. The first-order valence-electron chi connectivity index (χ1n) is 9.35. The standard InChI is InChI=1S/C19H30ClN3O3/c1-3-21-19(22-9-5-10-26-17-8-11-24-14-17)23-13-15-6-7-16(20)12-18(15)25-4-2/h6-7,12,17H,3-5,8-11,13-14H2,1-2H3,(H2,21,22,23). The van der Waals surface area contributed by atoms with Crippen LogP contribution in [0.4, 0.5) is 0 Å². The average molecular weight is 384 g/mol. The molecule has 1 saturated heterocycles. The summed E-state index contributed by atoms with van der Waals surface area (Å²) in [6.45, 7) is 9.01. The Labute approximate surface area is 161 Å². The zero-order valence-electron chi connectivity index (χ0n) is 15.7. The number of nitrogens with one attached hydrogen (secondary N) is 2. The topological polar surface area (TPSA) is 64.1 Å². The second-order valence-corrected chi connectivity index (χ2v) is 6.45. The number of guanidine groups is 1. The first-order chi connectivity index (χ1) is 12.7. The lowest BCUT2D eigenvalue weighted by atomic mass is 10.2. The van der Waals surface area contributed by atoms with Gasteiger partial charge in [0.25, 0.3) is 0 Å². The Morgan fingerprint density at radius 2 is 2.23 bits per heavy atom. The molecule has 1 aromatic rings. The monoisotopic (exact) mass is 383 g/mol. The van der Waals surface area contributed by atoms with Crippen molar-refractivity contribution in [3.8, 4) is 5.75 Å². The van der Waals surface area contributed by atoms with Gasteiger partial charge in [0, 0.05) is 36.9 Å². The van der Waals surface area contributed by atoms with E-state index >= 15 is 0 Å². The highest BCUT2D eigenvalue weighted by molar-refractivity contribution is 6.30. The second-order valence-electron chi connectivity index (χ2n) is 6.02. The fraction of sp³-hybridized carbons (Fsp3) is 0.632. The highest BCUT2D eigenvalue weighted by atomic mass is 35.5. The highest BCUT2D eigenvalue weighted by Crippen LogP contribution is 2.24. The maximum absolute atomic E-state index is 6.05. The van der Waals surface area contributed by atoms with Crippen molar-refractivity contribution in [2.24, 2.45) is 4.99 Å². The van der Waals surface area contributed by atoms with Crippen LogP contribution < -0.4 is 15.4 Å². The molecule has 1 heterocycles. The van der Waals surface area contributed by atoms with Crippen molar-refractivity contribution in [1.82, 2.24) is 10.6 Å². The van der Waals surface area contributed by atoms with Gasteiger partial charge in [-0.1, -0.05) is 17.7 Å². The number of benzene rings is 1. The fourth-order valence-corrected chi connectivity index (χ4v) is 2.79. The van der Waals surface area contributed by atoms with Crippen molar-refractivity contribution >= 4 is 17.6 Å². The van der Waals surface area contributed by atoms with Gasteiger partial charge in [0.05, 0.1) is 25.9 Å². The Morgan fingerprint density at radius 3 is 2.96 bits per heavy atom. The van der Waals surface area contributed by atoms with Crippen LogP contribution in [-0.2, 0) is 16.0 Å². The fourth-order valence-electron chi connectivity index (χ4n) is 2.63. The van der Waals surface area contributed by atoms with Crippen LogP contribution in [0, 0.1) is 0 Å². The van der Waals surface area contributed by atoms with Crippen LogP contribution in [0.15, 0.2) is 23.2 Å². The van der Waals surface area contributed by atoms with E-state index in [1.165, 1.54) is 0 Å². The summed E-state index contributed by atoms with van der Waals surface area (Å²) in [5.41, 5.74) is 1.01. The Bertz CT molecular complexity index is 563. The van der Waals surface area contributed by atoms with Crippen LogP contribution in [0.25, 0.3) is 0 Å². The summed E-state index contributed by atoms with van der Waals surface area (Å²) in [7, 11) is 0. The van der Waals surface area contributed by atoms with Crippen LogP contribution >= 0.6 is 11.6 Å². The van der Waals surface area contributed by atoms with Crippen molar-refractivity contribution in [3.63, 3.8) is 0 Å². The SMILES string of the molecule is CCNC(=NCc1ccc(Cl)cc1OCC)NCCCOC1CCOC1. The van der Waals surface area contributed by atoms with E-state index in [-0.39, 0.29) is 6.10 Å². The van der Waals surface area contributed by atoms with E-state index in [1.54, 1.807) is 0 Å². The van der Waals surface area contributed by atoms with E-state index in [0.29, 0.717) is 18.2 Å². The summed E-state index contributed by atoms with van der Waals surface area (Å²) in [5, 5.41) is 7.26. The molecule has 0 aromatic heterocycles. The molecular weight excluding hydrogens is 354 g/mol. The number of hydrogen-bond donors (Lipinski definition) is 2. The Hall–Kier alpha value is -1.50. The van der Waals surface area contributed by atoms with Gasteiger partial charge >= 0.3 is 0 Å². The van der Waals surface area contributed by atoms with Crippen LogP contribution in [0.5, 0.6) is 5.75 Å². The molecule has 0 bridgehead atoms. The summed E-state index contributed by atoms with van der Waals surface area (Å²) < 4.78 is 16.7. The van der Waals surface area contributed by atoms with Crippen molar-refractivity contribution < 1.29 is 14.2 Å². The lowest BCUT2D eigenvalue weighted by Crippen LogP contribution is -2.38. The minimum atomic E-state index is 0.263. The van der Waals surface area contributed by atoms with Crippen molar-refractivity contribution in [2.45, 2.75) is 39.3 Å². The molecule has 1 aliphatic rings. The number of aliphatic imine (C=N–C) groups is 1. The predicted octanol–water partition coefficient (Wildman–Crippen LogP) is 2.99. The second kappa shape index (κ2) is 12.0. The molecule has 0 spiro atoms. The molecule has 1 atom stereocenters. The number of hydrogen-bond acceptors (Lipinski definition) is 4. The zero-order valence-corrected chi connectivity index (χ0v) is 16.5. The van der Waals surface area contributed by atoms with Gasteiger partial charge in [-0.15, -0.1) is 0 Å². The molecule has 0 aliphatic carbocycles. The maximum atomic E-state index is 6.05. The maximum Gasteiger partial charge on any atom is 0.191 e. The largest absolute Gasteiger partial charge is 0.493 e. The Kier molecular flexibility index (Phi) is 9.60. The van der Waals surface area contributed by atoms with E-state index in [2.05, 4.69) is 15.6 Å². The molecule has 1 aliphatic heterocycles. The molecule has 0 radical (unpaired) electrons. The van der Waals surface area contributed by atoms with Gasteiger partial charge in [-0.3, -0.25) is 0 Å². The van der Waals surface area contributed by atoms with E-state index in [4.69, 9.17) is 25.8 Å². The molecule has 0 amide bonds. The van der Waals surface area contributed by atoms with Crippen LogP contribution in [0.3, 0.4) is 0 Å². The van der Waals surface area contributed by atoms with Gasteiger partial charge in [-0.2, -0.15) is 0 Å². The number of ether oxygens (including phenoxy) is 3. The third kappa shape index (κ3) is 7.40. The average Bonchev–Trinajstić information content (AvgIpc) is 3.14. The normalized spacial score (nSPS) is 17.3. The molecule has 2 rings (SSSR count). The van der Waals surface area contributed by atoms with Crippen LogP contribution in [0.1, 0.15) is 32.3 Å². The third-order valence-corrected chi connectivity index (χ3v) is 4.17. The van der Waals surface area contributed by atoms with E-state index in [9.17, 15) is 0 Å². The van der Waals surface area contributed by atoms with E-state index in [0.717, 1.165) is 63.0 Å². The Balaban J connectivity index is 1.80. The minimum Gasteiger partial charge on any atom is -0.493 e. The highest BCUT2D eigenvalue weighted by Gasteiger charge is 2.15. The van der Waals surface area contributed by atoms with Crippen molar-refractivity contribution in [2.75, 3.05) is 39.5 Å². The lowest BCUT2D eigenvalue weighted by Gasteiger charge is -2.14. The molecule has 1 fully saturated rings. The molecule has 1 unspecified atom stereocenters. The molecule has 26 heavy (non-hydrogen) atoms. The van der Waals surface area contributed by atoms with Crippen molar-refractivity contribution in [1.29, 1.82) is 0 Å². The van der Waals surface area contributed by atoms with E-state index < -0.39 is 0 Å². The smallest absolute Gasteiger partial charge is 0.191 e. The van der Waals surface area contributed by atoms with Gasteiger partial charge in [-0.05, 0) is 38.8 Å². The Morgan fingerprint density at radius 1 is 1.35 bits per heavy atom. The molecular formula is C19H30ClN3O3. The summed E-state index contributed by atoms with van der Waals surface area (Å²) in [5.74, 6) is 1.57. The summed E-state index contributed by atoms with van der Waals surface area (Å²) in [4.78, 5) is 4.64. The summed E-state index contributed by atoms with van der Waals surface area (Å²) in [6.07, 6.45) is 2.19. The number of halogens is 1. The zero-order chi connectivity index (χ0) is 18.6. The quantitative estimate of drug-likeness (QED) is 0.369. The van der Waals surface area contributed by atoms with Gasteiger partial charge in [0.1, 0.15) is 5.75 Å². The van der Waals surface area contributed by atoms with Gasteiger partial charge < -0.3 is 24.8 Å². The predicted molar refractivity (Wildman–Crippen MR) is 105 cm³/mol. The van der Waals surface area contributed by atoms with Crippen molar-refractivity contribution in [3.05, 3.63) is 28.8 Å². The number of rotatable bonds is 10. The van der Waals surface area contributed by atoms with Gasteiger partial charge in [0.2, 0.25) is 0 Å². The molecule has 2 N–H and O–H groups in total. The van der Waals surface area contributed by atoms with Gasteiger partial charge in [0.15, 0.2) is 5.96 Å². The molecule has 6 nitrogen and oxygen atoms in total. The van der Waals surface area contributed by atoms with E-state index in [1.807, 2.05) is 32.0 Å². The molecule has 1 aromatic carbocycles. The summed E-state index contributed by atoms with van der Waals surface area (Å²) >= 11 is 6.05. The summed E-state index contributed by atoms with van der Waals surface area (Å²) in [6, 6.07) is 5.65. The third-order valence-electron chi connectivity index (χ3n) is 3.94. The van der Waals surface area contributed by atoms with Gasteiger partial charge in [-0.25, -0.2) is 4.99 Å².